The van der Waals surface area contributed by atoms with Gasteiger partial charge in [-0.1, -0.05) is 32.0 Å². The smallest absolute Gasteiger partial charge is 0.265 e. The van der Waals surface area contributed by atoms with Gasteiger partial charge in [0.15, 0.2) is 0 Å². The van der Waals surface area contributed by atoms with Crippen LogP contribution in [0.25, 0.3) is 10.9 Å². The first kappa shape index (κ1) is 19.0. The number of aliphatic hydroxyl groups is 1. The number of aliphatic hydroxyl groups excluding tert-OH is 1. The van der Waals surface area contributed by atoms with Crippen LogP contribution in [0.15, 0.2) is 36.5 Å². The largest absolute Gasteiger partial charge is 0.391 e. The van der Waals surface area contributed by atoms with Gasteiger partial charge in [-0.3, -0.25) is 9.78 Å². The van der Waals surface area contributed by atoms with E-state index in [1.54, 1.807) is 4.90 Å². The molecule has 2 atom stereocenters. The van der Waals surface area contributed by atoms with Gasteiger partial charge < -0.3 is 10.0 Å². The maximum Gasteiger partial charge on any atom is 0.265 e. The van der Waals surface area contributed by atoms with Gasteiger partial charge in [0.2, 0.25) is 0 Å². The molecule has 1 aromatic carbocycles. The zero-order valence-electron chi connectivity index (χ0n) is 16.4. The maximum absolute atomic E-state index is 13.0. The molecule has 4 rings (SSSR count). The fourth-order valence-corrected chi connectivity index (χ4v) is 4.88. The molecule has 146 valence electrons. The molecule has 1 aliphatic heterocycles. The summed E-state index contributed by atoms with van der Waals surface area (Å²) in [6.07, 6.45) is 2.02. The van der Waals surface area contributed by atoms with Gasteiger partial charge in [-0.15, -0.1) is 11.3 Å². The molecule has 1 aliphatic rings. The third-order valence-corrected chi connectivity index (χ3v) is 6.86. The number of benzene rings is 1. The summed E-state index contributed by atoms with van der Waals surface area (Å²) in [5.74, 6) is 0.317. The van der Waals surface area contributed by atoms with E-state index in [-0.39, 0.29) is 11.8 Å². The molecule has 3 aromatic rings. The molecular formula is C22H25N3O2S. The second kappa shape index (κ2) is 7.60. The number of rotatable bonds is 4. The first-order valence-electron chi connectivity index (χ1n) is 9.71. The molecule has 3 heterocycles. The minimum absolute atomic E-state index is 0.0111. The van der Waals surface area contributed by atoms with E-state index >= 15 is 0 Å². The molecule has 2 aromatic heterocycles. The molecule has 28 heavy (non-hydrogen) atoms. The SMILES string of the molecule is Cc1nc(C(C)C)sc1C(=O)N1C[C@@H](Cc2ccnc3ccccc23)[C@@H](O)C1. The highest BCUT2D eigenvalue weighted by molar-refractivity contribution is 7.13. The van der Waals surface area contributed by atoms with Crippen molar-refractivity contribution in [3.63, 3.8) is 0 Å². The number of β-amino-alcohol motifs (C(OH)–C–C–N with tert-alkyl or cyclic N) is 1. The second-order valence-electron chi connectivity index (χ2n) is 7.85. The molecule has 0 saturated carbocycles. The number of aryl methyl sites for hydroxylation is 1. The van der Waals surface area contributed by atoms with Gasteiger partial charge in [-0.2, -0.15) is 0 Å². The third kappa shape index (κ3) is 3.54. The number of para-hydroxylation sites is 1. The van der Waals surface area contributed by atoms with E-state index in [0.717, 1.165) is 28.0 Å². The summed E-state index contributed by atoms with van der Waals surface area (Å²) >= 11 is 1.48. The normalized spacial score (nSPS) is 19.7. The molecule has 1 amide bonds. The fraction of sp³-hybridized carbons (Fsp3) is 0.409. The Labute approximate surface area is 169 Å². The summed E-state index contributed by atoms with van der Waals surface area (Å²) in [5.41, 5.74) is 2.92. The molecule has 6 heteroatoms. The van der Waals surface area contributed by atoms with Gasteiger partial charge >= 0.3 is 0 Å². The molecule has 0 aliphatic carbocycles. The zero-order chi connectivity index (χ0) is 19.8. The summed E-state index contributed by atoms with van der Waals surface area (Å²) in [4.78, 5) is 24.5. The zero-order valence-corrected chi connectivity index (χ0v) is 17.2. The molecule has 0 bridgehead atoms. The van der Waals surface area contributed by atoms with Crippen molar-refractivity contribution in [2.45, 2.75) is 39.2 Å². The number of likely N-dealkylation sites (tertiary alicyclic amines) is 1. The Morgan fingerprint density at radius 3 is 2.82 bits per heavy atom. The Hall–Kier alpha value is -2.31. The van der Waals surface area contributed by atoms with Crippen molar-refractivity contribution in [2.75, 3.05) is 13.1 Å². The number of fused-ring (bicyclic) bond motifs is 1. The van der Waals surface area contributed by atoms with Crippen LogP contribution in [-0.4, -0.2) is 45.1 Å². The Kier molecular flexibility index (Phi) is 5.17. The first-order chi connectivity index (χ1) is 13.4. The van der Waals surface area contributed by atoms with Crippen molar-refractivity contribution < 1.29 is 9.90 Å². The van der Waals surface area contributed by atoms with Crippen molar-refractivity contribution in [1.29, 1.82) is 0 Å². The summed E-state index contributed by atoms with van der Waals surface area (Å²) < 4.78 is 0. The number of thiazole rings is 1. The lowest BCUT2D eigenvalue weighted by Gasteiger charge is -2.16. The number of aromatic nitrogens is 2. The lowest BCUT2D eigenvalue weighted by atomic mass is 9.94. The first-order valence-corrected chi connectivity index (χ1v) is 10.5. The van der Waals surface area contributed by atoms with E-state index in [2.05, 4.69) is 29.9 Å². The van der Waals surface area contributed by atoms with Gasteiger partial charge in [-0.25, -0.2) is 4.98 Å². The summed E-state index contributed by atoms with van der Waals surface area (Å²) in [6.45, 7) is 7.00. The Balaban J connectivity index is 1.52. The van der Waals surface area contributed by atoms with Crippen molar-refractivity contribution in [3.8, 4) is 0 Å². The van der Waals surface area contributed by atoms with Gasteiger partial charge in [0.1, 0.15) is 4.88 Å². The van der Waals surface area contributed by atoms with Gasteiger partial charge in [0.05, 0.1) is 22.3 Å². The van der Waals surface area contributed by atoms with Gasteiger partial charge in [0, 0.05) is 36.5 Å². The van der Waals surface area contributed by atoms with Crippen LogP contribution < -0.4 is 0 Å². The number of carbonyl (C=O) groups excluding carboxylic acids is 1. The van der Waals surface area contributed by atoms with Crippen LogP contribution in [0, 0.1) is 12.8 Å². The minimum atomic E-state index is -0.520. The van der Waals surface area contributed by atoms with Crippen molar-refractivity contribution in [3.05, 3.63) is 57.7 Å². The fourth-order valence-electron chi connectivity index (χ4n) is 3.84. The second-order valence-corrected chi connectivity index (χ2v) is 8.88. The number of carbonyl (C=O) groups is 1. The van der Waals surface area contributed by atoms with Crippen LogP contribution in [0.3, 0.4) is 0 Å². The molecule has 0 unspecified atom stereocenters. The molecule has 0 spiro atoms. The highest BCUT2D eigenvalue weighted by atomic mass is 32.1. The monoisotopic (exact) mass is 395 g/mol. The molecule has 1 fully saturated rings. The Bertz CT molecular complexity index is 1010. The average Bonchev–Trinajstić information content (AvgIpc) is 3.25. The number of nitrogens with zero attached hydrogens (tertiary/aromatic N) is 3. The van der Waals surface area contributed by atoms with E-state index in [1.807, 2.05) is 37.4 Å². The number of amides is 1. The van der Waals surface area contributed by atoms with Crippen LogP contribution in [0.2, 0.25) is 0 Å². The lowest BCUT2D eigenvalue weighted by molar-refractivity contribution is 0.0768. The van der Waals surface area contributed by atoms with Crippen LogP contribution >= 0.6 is 11.3 Å². The topological polar surface area (TPSA) is 66.3 Å². The minimum Gasteiger partial charge on any atom is -0.391 e. The predicted octanol–water partition coefficient (Wildman–Crippen LogP) is 3.80. The number of hydrogen-bond donors (Lipinski definition) is 1. The Morgan fingerprint density at radius 1 is 1.29 bits per heavy atom. The van der Waals surface area contributed by atoms with Crippen LogP contribution in [0.1, 0.15) is 45.7 Å². The van der Waals surface area contributed by atoms with Crippen LogP contribution in [0.4, 0.5) is 0 Å². The molecular weight excluding hydrogens is 370 g/mol. The quantitative estimate of drug-likeness (QED) is 0.730. The van der Waals surface area contributed by atoms with Crippen LogP contribution in [-0.2, 0) is 6.42 Å². The van der Waals surface area contributed by atoms with Crippen molar-refractivity contribution >= 4 is 28.1 Å². The molecule has 1 N–H and O–H groups in total. The summed E-state index contributed by atoms with van der Waals surface area (Å²) in [6, 6.07) is 10.1. The Morgan fingerprint density at radius 2 is 2.07 bits per heavy atom. The van der Waals surface area contributed by atoms with E-state index in [4.69, 9.17) is 0 Å². The van der Waals surface area contributed by atoms with Crippen molar-refractivity contribution in [2.24, 2.45) is 5.92 Å². The summed E-state index contributed by atoms with van der Waals surface area (Å²) in [5, 5.41) is 12.7. The highest BCUT2D eigenvalue weighted by Gasteiger charge is 2.36. The predicted molar refractivity (Wildman–Crippen MR) is 112 cm³/mol. The lowest BCUT2D eigenvalue weighted by Crippen LogP contribution is -2.29. The highest BCUT2D eigenvalue weighted by Crippen LogP contribution is 2.30. The van der Waals surface area contributed by atoms with E-state index < -0.39 is 6.10 Å². The van der Waals surface area contributed by atoms with Crippen molar-refractivity contribution in [1.82, 2.24) is 14.9 Å². The average molecular weight is 396 g/mol. The van der Waals surface area contributed by atoms with E-state index in [9.17, 15) is 9.90 Å². The van der Waals surface area contributed by atoms with Crippen LogP contribution in [0.5, 0.6) is 0 Å². The standard InChI is InChI=1S/C22H25N3O2S/c1-13(2)21-24-14(3)20(28-21)22(27)25-11-16(19(26)12-25)10-15-8-9-23-18-7-5-4-6-17(15)18/h4-9,13,16,19,26H,10-12H2,1-3H3/t16-,19+/m1/s1. The molecule has 5 nitrogen and oxygen atoms in total. The van der Waals surface area contributed by atoms with E-state index in [0.29, 0.717) is 23.9 Å². The molecule has 1 saturated heterocycles. The third-order valence-electron chi connectivity index (χ3n) is 5.42. The summed E-state index contributed by atoms with van der Waals surface area (Å²) in [7, 11) is 0. The number of pyridine rings is 1. The number of hydrogen-bond acceptors (Lipinski definition) is 5. The van der Waals surface area contributed by atoms with Gasteiger partial charge in [0.25, 0.3) is 5.91 Å². The van der Waals surface area contributed by atoms with E-state index in [1.165, 1.54) is 16.9 Å². The van der Waals surface area contributed by atoms with Gasteiger partial charge in [-0.05, 0) is 31.0 Å². The maximum atomic E-state index is 13.0. The molecule has 0 radical (unpaired) electrons.